The number of carbonyl (C=O) groups excluding carboxylic acids is 1. The molecule has 100 valence electrons. The summed E-state index contributed by atoms with van der Waals surface area (Å²) in [5.74, 6) is -0.00602. The van der Waals surface area contributed by atoms with Crippen LogP contribution in [0, 0.1) is 6.92 Å². The molecule has 0 aliphatic rings. The number of halogens is 1. The van der Waals surface area contributed by atoms with E-state index < -0.39 is 0 Å². The molecule has 0 aliphatic carbocycles. The second-order valence-electron chi connectivity index (χ2n) is 4.42. The van der Waals surface area contributed by atoms with Gasteiger partial charge in [0.05, 0.1) is 6.54 Å². The van der Waals surface area contributed by atoms with Gasteiger partial charge in [-0.25, -0.2) is 0 Å². The molecule has 0 saturated heterocycles. The summed E-state index contributed by atoms with van der Waals surface area (Å²) in [7, 11) is 1.81. The molecule has 2 aromatic rings. The van der Waals surface area contributed by atoms with Crippen LogP contribution in [0.5, 0.6) is 0 Å². The number of carbonyl (C=O) groups is 1. The summed E-state index contributed by atoms with van der Waals surface area (Å²) in [4.78, 5) is 15.2. The van der Waals surface area contributed by atoms with E-state index >= 15 is 0 Å². The van der Waals surface area contributed by atoms with Gasteiger partial charge in [-0.2, -0.15) is 0 Å². The number of thiophene rings is 1. The topological polar surface area (TPSA) is 46.3 Å². The van der Waals surface area contributed by atoms with E-state index in [-0.39, 0.29) is 5.91 Å². The molecule has 0 spiro atoms. The third-order valence-electron chi connectivity index (χ3n) is 2.94. The summed E-state index contributed by atoms with van der Waals surface area (Å²) in [5, 5.41) is 2.04. The number of amides is 1. The molecular formula is C14H15BrN2OS. The summed E-state index contributed by atoms with van der Waals surface area (Å²) in [6, 6.07) is 7.31. The van der Waals surface area contributed by atoms with Gasteiger partial charge in [0.2, 0.25) is 0 Å². The van der Waals surface area contributed by atoms with Crippen molar-refractivity contribution in [3.05, 3.63) is 50.1 Å². The molecule has 0 unspecified atom stereocenters. The van der Waals surface area contributed by atoms with Crippen LogP contribution < -0.4 is 5.73 Å². The molecule has 1 aromatic heterocycles. The van der Waals surface area contributed by atoms with Gasteiger partial charge < -0.3 is 10.6 Å². The van der Waals surface area contributed by atoms with Gasteiger partial charge in [0, 0.05) is 27.6 Å². The summed E-state index contributed by atoms with van der Waals surface area (Å²) in [5.41, 5.74) is 8.22. The Hall–Kier alpha value is -1.33. The Morgan fingerprint density at radius 1 is 1.42 bits per heavy atom. The number of anilines is 1. The van der Waals surface area contributed by atoms with Crippen LogP contribution in [0.2, 0.25) is 0 Å². The minimum Gasteiger partial charge on any atom is -0.398 e. The number of nitrogens with two attached hydrogens (primary N) is 1. The lowest BCUT2D eigenvalue weighted by Gasteiger charge is -2.17. The molecule has 1 heterocycles. The van der Waals surface area contributed by atoms with E-state index in [0.717, 1.165) is 4.47 Å². The maximum Gasteiger partial charge on any atom is 0.253 e. The number of hydrogen-bond acceptors (Lipinski definition) is 3. The Kier molecular flexibility index (Phi) is 4.27. The second-order valence-corrected chi connectivity index (χ2v) is 6.28. The molecule has 1 aromatic carbocycles. The van der Waals surface area contributed by atoms with Gasteiger partial charge in [0.25, 0.3) is 5.91 Å². The minimum atomic E-state index is -0.00602. The Morgan fingerprint density at radius 3 is 2.74 bits per heavy atom. The largest absolute Gasteiger partial charge is 0.398 e. The Bertz CT molecular complexity index is 609. The zero-order chi connectivity index (χ0) is 14.0. The highest BCUT2D eigenvalue weighted by molar-refractivity contribution is 9.10. The maximum atomic E-state index is 12.3. The van der Waals surface area contributed by atoms with Crippen LogP contribution in [0.15, 0.2) is 34.1 Å². The van der Waals surface area contributed by atoms with Crippen LogP contribution in [0.3, 0.4) is 0 Å². The molecule has 0 atom stereocenters. The smallest absolute Gasteiger partial charge is 0.253 e. The van der Waals surface area contributed by atoms with E-state index in [4.69, 9.17) is 5.73 Å². The normalized spacial score (nSPS) is 10.5. The van der Waals surface area contributed by atoms with Gasteiger partial charge in [-0.1, -0.05) is 0 Å². The zero-order valence-corrected chi connectivity index (χ0v) is 13.2. The van der Waals surface area contributed by atoms with Crippen LogP contribution in [-0.4, -0.2) is 17.9 Å². The van der Waals surface area contributed by atoms with Crippen molar-refractivity contribution in [1.82, 2.24) is 4.90 Å². The third kappa shape index (κ3) is 3.16. The van der Waals surface area contributed by atoms with Crippen molar-refractivity contribution in [2.45, 2.75) is 13.5 Å². The Labute approximate surface area is 125 Å². The third-order valence-corrected chi connectivity index (χ3v) is 4.64. The molecule has 3 nitrogen and oxygen atoms in total. The van der Waals surface area contributed by atoms with E-state index in [2.05, 4.69) is 28.9 Å². The Morgan fingerprint density at radius 2 is 2.16 bits per heavy atom. The number of nitrogens with zero attached hydrogens (tertiary/aromatic N) is 1. The average molecular weight is 339 g/mol. The standard InChI is InChI=1S/C14H15BrN2OS/c1-9-5-6-19-13(9)8-17(2)14(18)10-3-4-12(16)11(15)7-10/h3-7H,8,16H2,1-2H3. The number of rotatable bonds is 3. The van der Waals surface area contributed by atoms with Crippen molar-refractivity contribution in [2.75, 3.05) is 12.8 Å². The molecule has 19 heavy (non-hydrogen) atoms. The highest BCUT2D eigenvalue weighted by atomic mass is 79.9. The van der Waals surface area contributed by atoms with E-state index in [1.165, 1.54) is 10.4 Å². The first kappa shape index (κ1) is 14.1. The summed E-state index contributed by atoms with van der Waals surface area (Å²) >= 11 is 5.01. The molecule has 0 saturated carbocycles. The average Bonchev–Trinajstić information content (AvgIpc) is 2.77. The van der Waals surface area contributed by atoms with Crippen LogP contribution in [0.4, 0.5) is 5.69 Å². The number of nitrogen functional groups attached to an aromatic ring is 1. The first-order valence-electron chi connectivity index (χ1n) is 5.82. The number of benzene rings is 1. The van der Waals surface area contributed by atoms with Crippen LogP contribution in [0.1, 0.15) is 20.8 Å². The predicted molar refractivity (Wildman–Crippen MR) is 83.4 cm³/mol. The molecule has 2 rings (SSSR count). The molecule has 1 amide bonds. The quantitative estimate of drug-likeness (QED) is 0.868. The van der Waals surface area contributed by atoms with Gasteiger partial charge in [-0.3, -0.25) is 4.79 Å². The van der Waals surface area contributed by atoms with Gasteiger partial charge >= 0.3 is 0 Å². The van der Waals surface area contributed by atoms with Gasteiger partial charge in [0.15, 0.2) is 0 Å². The van der Waals surface area contributed by atoms with Crippen molar-refractivity contribution in [2.24, 2.45) is 0 Å². The molecule has 0 aliphatic heterocycles. The van der Waals surface area contributed by atoms with Crippen molar-refractivity contribution >= 4 is 38.9 Å². The molecule has 0 bridgehead atoms. The predicted octanol–water partition coefficient (Wildman–Crippen LogP) is 3.67. The lowest BCUT2D eigenvalue weighted by molar-refractivity contribution is 0.0786. The molecule has 5 heteroatoms. The van der Waals surface area contributed by atoms with Crippen molar-refractivity contribution < 1.29 is 4.79 Å². The molecule has 0 fully saturated rings. The molecule has 0 radical (unpaired) electrons. The second kappa shape index (κ2) is 5.75. The van der Waals surface area contributed by atoms with Crippen LogP contribution in [-0.2, 0) is 6.54 Å². The van der Waals surface area contributed by atoms with Gasteiger partial charge in [0.1, 0.15) is 0 Å². The minimum absolute atomic E-state index is 0.00602. The summed E-state index contributed by atoms with van der Waals surface area (Å²) in [6.45, 7) is 2.69. The van der Waals surface area contributed by atoms with Crippen molar-refractivity contribution in [3.63, 3.8) is 0 Å². The lowest BCUT2D eigenvalue weighted by atomic mass is 10.2. The number of aryl methyl sites for hydroxylation is 1. The molecule has 2 N–H and O–H groups in total. The first-order chi connectivity index (χ1) is 8.99. The highest BCUT2D eigenvalue weighted by Crippen LogP contribution is 2.22. The van der Waals surface area contributed by atoms with E-state index in [1.54, 1.807) is 34.4 Å². The lowest BCUT2D eigenvalue weighted by Crippen LogP contribution is -2.26. The fraction of sp³-hybridized carbons (Fsp3) is 0.214. The fourth-order valence-electron chi connectivity index (χ4n) is 1.73. The van der Waals surface area contributed by atoms with Gasteiger partial charge in [-0.05, 0) is 58.1 Å². The highest BCUT2D eigenvalue weighted by Gasteiger charge is 2.14. The van der Waals surface area contributed by atoms with Crippen molar-refractivity contribution in [3.8, 4) is 0 Å². The van der Waals surface area contributed by atoms with E-state index in [0.29, 0.717) is 17.8 Å². The van der Waals surface area contributed by atoms with Crippen LogP contribution in [0.25, 0.3) is 0 Å². The SMILES string of the molecule is Cc1ccsc1CN(C)C(=O)c1ccc(N)c(Br)c1. The first-order valence-corrected chi connectivity index (χ1v) is 7.49. The number of hydrogen-bond donors (Lipinski definition) is 1. The fourth-order valence-corrected chi connectivity index (χ4v) is 3.07. The zero-order valence-electron chi connectivity index (χ0n) is 10.8. The van der Waals surface area contributed by atoms with Crippen molar-refractivity contribution in [1.29, 1.82) is 0 Å². The summed E-state index contributed by atoms with van der Waals surface area (Å²) in [6.07, 6.45) is 0. The Balaban J connectivity index is 2.15. The van der Waals surface area contributed by atoms with Gasteiger partial charge in [-0.15, -0.1) is 11.3 Å². The summed E-state index contributed by atoms with van der Waals surface area (Å²) < 4.78 is 0.749. The van der Waals surface area contributed by atoms with E-state index in [1.807, 2.05) is 12.4 Å². The van der Waals surface area contributed by atoms with Crippen LogP contribution >= 0.6 is 27.3 Å². The molecular weight excluding hydrogens is 324 g/mol. The maximum absolute atomic E-state index is 12.3. The monoisotopic (exact) mass is 338 g/mol. The van der Waals surface area contributed by atoms with E-state index in [9.17, 15) is 4.79 Å².